The summed E-state index contributed by atoms with van der Waals surface area (Å²) >= 11 is 0. The molecule has 1 aromatic rings. The molecule has 18 heavy (non-hydrogen) atoms. The molecule has 0 radical (unpaired) electrons. The molecule has 1 nitrogen and oxygen atoms in total. The summed E-state index contributed by atoms with van der Waals surface area (Å²) in [5.41, 5.74) is -1.66. The van der Waals surface area contributed by atoms with E-state index >= 15 is 0 Å². The number of rotatable bonds is 2. The molecule has 0 amide bonds. The summed E-state index contributed by atoms with van der Waals surface area (Å²) in [5, 5.41) is 9.42. The van der Waals surface area contributed by atoms with Crippen LogP contribution in [0.4, 0.5) is 17.6 Å². The Bertz CT molecular complexity index is 478. The summed E-state index contributed by atoms with van der Waals surface area (Å²) in [6, 6.07) is 2.90. The van der Waals surface area contributed by atoms with Crippen molar-refractivity contribution in [2.75, 3.05) is 6.61 Å². The third-order valence-electron chi connectivity index (χ3n) is 4.01. The molecule has 0 spiro atoms. The highest BCUT2D eigenvalue weighted by Crippen LogP contribution is 2.64. The van der Waals surface area contributed by atoms with Crippen LogP contribution in [-0.2, 0) is 11.6 Å². The lowest BCUT2D eigenvalue weighted by Gasteiger charge is -2.19. The van der Waals surface area contributed by atoms with Gasteiger partial charge in [-0.1, -0.05) is 19.9 Å². The molecule has 1 N–H and O–H groups in total. The number of aliphatic hydroxyl groups excluding tert-OH is 1. The highest BCUT2D eigenvalue weighted by Gasteiger charge is 2.61. The van der Waals surface area contributed by atoms with Gasteiger partial charge in [0.15, 0.2) is 0 Å². The normalized spacial score (nSPS) is 26.2. The van der Waals surface area contributed by atoms with E-state index in [0.717, 1.165) is 12.1 Å². The minimum Gasteiger partial charge on any atom is -0.395 e. The van der Waals surface area contributed by atoms with Crippen LogP contribution < -0.4 is 0 Å². The average molecular weight is 262 g/mol. The minimum atomic E-state index is -4.69. The van der Waals surface area contributed by atoms with Crippen molar-refractivity contribution in [1.29, 1.82) is 0 Å². The first-order chi connectivity index (χ1) is 8.14. The molecular formula is C13H14F4O. The number of alkyl halides is 3. The Balaban J connectivity index is 2.42. The predicted octanol–water partition coefficient (Wildman–Crippen LogP) is 3.50. The monoisotopic (exact) mass is 262 g/mol. The first-order valence-electron chi connectivity index (χ1n) is 5.62. The predicted molar refractivity (Wildman–Crippen MR) is 58.6 cm³/mol. The van der Waals surface area contributed by atoms with Gasteiger partial charge in [-0.25, -0.2) is 4.39 Å². The van der Waals surface area contributed by atoms with Crippen molar-refractivity contribution in [3.8, 4) is 0 Å². The fourth-order valence-electron chi connectivity index (χ4n) is 2.61. The van der Waals surface area contributed by atoms with Crippen molar-refractivity contribution in [3.63, 3.8) is 0 Å². The van der Waals surface area contributed by atoms with Gasteiger partial charge in [0.05, 0.1) is 12.2 Å². The summed E-state index contributed by atoms with van der Waals surface area (Å²) in [5.74, 6) is -1.28. The largest absolute Gasteiger partial charge is 0.419 e. The molecule has 0 heterocycles. The van der Waals surface area contributed by atoms with Gasteiger partial charge in [0, 0.05) is 5.41 Å². The number of benzene rings is 1. The molecule has 100 valence electrons. The Kier molecular flexibility index (Phi) is 2.74. The van der Waals surface area contributed by atoms with E-state index in [1.807, 2.05) is 13.8 Å². The molecule has 0 saturated heterocycles. The Morgan fingerprint density at radius 2 is 1.83 bits per heavy atom. The molecule has 0 aromatic heterocycles. The van der Waals surface area contributed by atoms with E-state index in [1.54, 1.807) is 0 Å². The highest BCUT2D eigenvalue weighted by atomic mass is 19.4. The molecule has 1 aliphatic rings. The first-order valence-corrected chi connectivity index (χ1v) is 5.62. The molecule has 1 aromatic carbocycles. The fraction of sp³-hybridized carbons (Fsp3) is 0.538. The van der Waals surface area contributed by atoms with Crippen LogP contribution >= 0.6 is 0 Å². The molecule has 1 aliphatic carbocycles. The van der Waals surface area contributed by atoms with Gasteiger partial charge >= 0.3 is 6.18 Å². The van der Waals surface area contributed by atoms with E-state index in [4.69, 9.17) is 0 Å². The van der Waals surface area contributed by atoms with Gasteiger partial charge in [0.25, 0.3) is 0 Å². The van der Waals surface area contributed by atoms with Crippen LogP contribution in [0.25, 0.3) is 0 Å². The summed E-state index contributed by atoms with van der Waals surface area (Å²) in [7, 11) is 0. The van der Waals surface area contributed by atoms with Gasteiger partial charge in [0.2, 0.25) is 0 Å². The van der Waals surface area contributed by atoms with Crippen LogP contribution in [-0.4, -0.2) is 11.7 Å². The zero-order chi connectivity index (χ0) is 13.8. The Morgan fingerprint density at radius 3 is 2.17 bits per heavy atom. The minimum absolute atomic E-state index is 0.190. The SMILES string of the molecule is CC1(C)CC1(CO)c1ccc(C(F)(F)F)c(F)c1. The molecule has 1 saturated carbocycles. The van der Waals surface area contributed by atoms with Gasteiger partial charge < -0.3 is 5.11 Å². The average Bonchev–Trinajstić information content (AvgIpc) is 2.80. The quantitative estimate of drug-likeness (QED) is 0.809. The number of hydrogen-bond acceptors (Lipinski definition) is 1. The summed E-state index contributed by atoms with van der Waals surface area (Å²) in [6.07, 6.45) is -4.05. The van der Waals surface area contributed by atoms with Crippen molar-refractivity contribution in [2.45, 2.75) is 31.9 Å². The lowest BCUT2D eigenvalue weighted by atomic mass is 9.88. The number of halogens is 4. The van der Waals surface area contributed by atoms with E-state index in [1.165, 1.54) is 6.07 Å². The van der Waals surface area contributed by atoms with Crippen LogP contribution in [0.3, 0.4) is 0 Å². The van der Waals surface area contributed by atoms with E-state index in [-0.39, 0.29) is 12.0 Å². The summed E-state index contributed by atoms with van der Waals surface area (Å²) in [6.45, 7) is 3.61. The third kappa shape index (κ3) is 1.81. The lowest BCUT2D eigenvalue weighted by Crippen LogP contribution is -2.20. The van der Waals surface area contributed by atoms with Crippen molar-refractivity contribution in [2.24, 2.45) is 5.41 Å². The molecular weight excluding hydrogens is 248 g/mol. The molecule has 2 rings (SSSR count). The number of aliphatic hydroxyl groups is 1. The molecule has 0 aliphatic heterocycles. The maximum atomic E-state index is 13.5. The topological polar surface area (TPSA) is 20.2 Å². The second-order valence-corrected chi connectivity index (χ2v) is 5.49. The second kappa shape index (κ2) is 3.70. The summed E-state index contributed by atoms with van der Waals surface area (Å²) < 4.78 is 50.8. The Morgan fingerprint density at radius 1 is 1.28 bits per heavy atom. The van der Waals surface area contributed by atoms with E-state index in [9.17, 15) is 22.7 Å². The fourth-order valence-corrected chi connectivity index (χ4v) is 2.61. The third-order valence-corrected chi connectivity index (χ3v) is 4.01. The van der Waals surface area contributed by atoms with Crippen molar-refractivity contribution in [3.05, 3.63) is 35.1 Å². The van der Waals surface area contributed by atoms with Crippen molar-refractivity contribution in [1.82, 2.24) is 0 Å². The van der Waals surface area contributed by atoms with Gasteiger partial charge in [-0.3, -0.25) is 0 Å². The van der Waals surface area contributed by atoms with Crippen LogP contribution in [0.1, 0.15) is 31.4 Å². The maximum absolute atomic E-state index is 13.5. The molecule has 5 heteroatoms. The van der Waals surface area contributed by atoms with Gasteiger partial charge in [-0.05, 0) is 29.5 Å². The molecule has 0 bridgehead atoms. The van der Waals surface area contributed by atoms with Crippen LogP contribution in [0.5, 0.6) is 0 Å². The second-order valence-electron chi connectivity index (χ2n) is 5.49. The Hall–Kier alpha value is -1.10. The molecule has 1 atom stereocenters. The number of hydrogen-bond donors (Lipinski definition) is 1. The van der Waals surface area contributed by atoms with Gasteiger partial charge in [0.1, 0.15) is 5.82 Å². The van der Waals surface area contributed by atoms with Gasteiger partial charge in [-0.15, -0.1) is 0 Å². The van der Waals surface area contributed by atoms with Crippen LogP contribution in [0, 0.1) is 11.2 Å². The maximum Gasteiger partial charge on any atom is 0.419 e. The first kappa shape index (κ1) is 13.3. The van der Waals surface area contributed by atoms with E-state index in [0.29, 0.717) is 12.0 Å². The Labute approximate surface area is 102 Å². The standard InChI is InChI=1S/C13H14F4O/c1-11(2)6-12(11,7-18)8-3-4-9(10(14)5-8)13(15,16)17/h3-5,18H,6-7H2,1-2H3. The van der Waals surface area contributed by atoms with Gasteiger partial charge in [-0.2, -0.15) is 13.2 Å². The van der Waals surface area contributed by atoms with Crippen molar-refractivity contribution >= 4 is 0 Å². The summed E-state index contributed by atoms with van der Waals surface area (Å²) in [4.78, 5) is 0. The molecule has 1 unspecified atom stereocenters. The van der Waals surface area contributed by atoms with Crippen LogP contribution in [0.2, 0.25) is 0 Å². The van der Waals surface area contributed by atoms with Crippen molar-refractivity contribution < 1.29 is 22.7 Å². The highest BCUT2D eigenvalue weighted by molar-refractivity contribution is 5.39. The molecule has 1 fully saturated rings. The smallest absolute Gasteiger partial charge is 0.395 e. The zero-order valence-corrected chi connectivity index (χ0v) is 10.1. The zero-order valence-electron chi connectivity index (χ0n) is 10.1. The van der Waals surface area contributed by atoms with Crippen LogP contribution in [0.15, 0.2) is 18.2 Å². The van der Waals surface area contributed by atoms with E-state index in [2.05, 4.69) is 0 Å². The lowest BCUT2D eigenvalue weighted by molar-refractivity contribution is -0.140. The van der Waals surface area contributed by atoms with E-state index < -0.39 is 23.0 Å².